The lowest BCUT2D eigenvalue weighted by molar-refractivity contribution is 0.635. The van der Waals surface area contributed by atoms with Gasteiger partial charge in [0.05, 0.1) is 28.5 Å². The maximum absolute atomic E-state index is 5.39. The molecule has 3 nitrogen and oxygen atoms in total. The van der Waals surface area contributed by atoms with Crippen LogP contribution in [0.3, 0.4) is 0 Å². The molecule has 1 aliphatic carbocycles. The average Bonchev–Trinajstić information content (AvgIpc) is 3.34. The number of hydrogen-bond acceptors (Lipinski definition) is 3. The molecule has 8 rings (SSSR count). The molecule has 0 saturated carbocycles. The zero-order valence-corrected chi connectivity index (χ0v) is 25.3. The minimum Gasteiger partial charge on any atom is -0.256 e. The Bertz CT molecular complexity index is 2100. The van der Waals surface area contributed by atoms with Gasteiger partial charge in [0, 0.05) is 33.9 Å². The normalized spacial score (nSPS) is 12.8. The van der Waals surface area contributed by atoms with Crippen molar-refractivity contribution in [1.29, 1.82) is 0 Å². The van der Waals surface area contributed by atoms with Gasteiger partial charge in [-0.05, 0) is 52.1 Å². The third-order valence-electron chi connectivity index (χ3n) is 8.86. The fraction of sp³-hybridized carbons (Fsp3) is 0.0714. The highest BCUT2D eigenvalue weighted by Crippen LogP contribution is 2.49. The Morgan fingerprint density at radius 1 is 0.422 bits per heavy atom. The van der Waals surface area contributed by atoms with Crippen LogP contribution < -0.4 is 0 Å². The lowest BCUT2D eigenvalue weighted by Gasteiger charge is -2.21. The van der Waals surface area contributed by atoms with Gasteiger partial charge in [-0.15, -0.1) is 0 Å². The van der Waals surface area contributed by atoms with Crippen LogP contribution in [0.15, 0.2) is 152 Å². The highest BCUT2D eigenvalue weighted by molar-refractivity contribution is 5.86. The molecule has 2 heterocycles. The molecule has 0 N–H and O–H groups in total. The van der Waals surface area contributed by atoms with E-state index in [1.807, 2.05) is 18.3 Å². The molecule has 0 atom stereocenters. The molecule has 2 aromatic heterocycles. The topological polar surface area (TPSA) is 38.7 Å². The number of pyridine rings is 1. The molecule has 7 aromatic rings. The smallest absolute Gasteiger partial charge is 0.0973 e. The molecular weight excluding hydrogens is 546 g/mol. The van der Waals surface area contributed by atoms with Crippen molar-refractivity contribution in [3.8, 4) is 67.3 Å². The molecule has 0 fully saturated rings. The predicted molar refractivity (Wildman–Crippen MR) is 185 cm³/mol. The first-order chi connectivity index (χ1) is 22.1. The van der Waals surface area contributed by atoms with E-state index in [9.17, 15) is 0 Å². The number of aromatic nitrogens is 3. The highest BCUT2D eigenvalue weighted by atomic mass is 14.9. The standard InChI is InChI=1S/C42H31N3/c1-42(2)36-26-37(34-24-32(28-15-7-3-8-16-28)23-33(25-34)29-17-9-4-10-18-29)43-27-35(36)40-41(42)45-39(31-21-13-6-14-22-31)38(44-40)30-19-11-5-12-20-30/h3-27H,1-2H3. The summed E-state index contributed by atoms with van der Waals surface area (Å²) in [6.45, 7) is 4.51. The summed E-state index contributed by atoms with van der Waals surface area (Å²) in [6.07, 6.45) is 2.00. The largest absolute Gasteiger partial charge is 0.256 e. The Kier molecular flexibility index (Phi) is 6.46. The summed E-state index contributed by atoms with van der Waals surface area (Å²) in [5.41, 5.74) is 14.4. The first-order valence-electron chi connectivity index (χ1n) is 15.4. The van der Waals surface area contributed by atoms with Gasteiger partial charge in [-0.3, -0.25) is 4.98 Å². The molecule has 0 bridgehead atoms. The lowest BCUT2D eigenvalue weighted by atomic mass is 9.84. The van der Waals surface area contributed by atoms with Gasteiger partial charge in [-0.25, -0.2) is 9.97 Å². The van der Waals surface area contributed by atoms with Crippen molar-refractivity contribution in [3.63, 3.8) is 0 Å². The summed E-state index contributed by atoms with van der Waals surface area (Å²) in [5.74, 6) is 0. The van der Waals surface area contributed by atoms with Crippen LogP contribution in [0, 0.1) is 0 Å². The van der Waals surface area contributed by atoms with E-state index in [-0.39, 0.29) is 5.41 Å². The Morgan fingerprint density at radius 3 is 1.38 bits per heavy atom. The van der Waals surface area contributed by atoms with Gasteiger partial charge in [0.2, 0.25) is 0 Å². The fourth-order valence-electron chi connectivity index (χ4n) is 6.47. The van der Waals surface area contributed by atoms with Crippen molar-refractivity contribution in [2.24, 2.45) is 0 Å². The van der Waals surface area contributed by atoms with Crippen LogP contribution in [0.5, 0.6) is 0 Å². The van der Waals surface area contributed by atoms with E-state index in [0.717, 1.165) is 50.7 Å². The van der Waals surface area contributed by atoms with E-state index in [2.05, 4.69) is 147 Å². The molecule has 45 heavy (non-hydrogen) atoms. The van der Waals surface area contributed by atoms with Crippen LogP contribution in [0.2, 0.25) is 0 Å². The Balaban J connectivity index is 1.30. The monoisotopic (exact) mass is 577 g/mol. The molecular formula is C42H31N3. The van der Waals surface area contributed by atoms with Crippen LogP contribution in [-0.2, 0) is 5.41 Å². The maximum Gasteiger partial charge on any atom is 0.0973 e. The van der Waals surface area contributed by atoms with Gasteiger partial charge in [-0.2, -0.15) is 0 Å². The van der Waals surface area contributed by atoms with E-state index < -0.39 is 0 Å². The van der Waals surface area contributed by atoms with Crippen LogP contribution in [-0.4, -0.2) is 15.0 Å². The molecule has 0 spiro atoms. The molecule has 3 heteroatoms. The number of nitrogens with zero attached hydrogens (tertiary/aromatic N) is 3. The van der Waals surface area contributed by atoms with Gasteiger partial charge >= 0.3 is 0 Å². The lowest BCUT2D eigenvalue weighted by Crippen LogP contribution is -2.18. The summed E-state index contributed by atoms with van der Waals surface area (Å²) in [6, 6.07) is 50.9. The van der Waals surface area contributed by atoms with E-state index in [1.54, 1.807) is 0 Å². The fourth-order valence-corrected chi connectivity index (χ4v) is 6.47. The van der Waals surface area contributed by atoms with Crippen molar-refractivity contribution in [1.82, 2.24) is 15.0 Å². The van der Waals surface area contributed by atoms with Crippen molar-refractivity contribution in [3.05, 3.63) is 163 Å². The third-order valence-corrected chi connectivity index (χ3v) is 8.86. The second-order valence-electron chi connectivity index (χ2n) is 12.1. The molecule has 1 aliphatic rings. The second-order valence-corrected chi connectivity index (χ2v) is 12.1. The summed E-state index contributed by atoms with van der Waals surface area (Å²) < 4.78 is 0. The van der Waals surface area contributed by atoms with E-state index in [0.29, 0.717) is 0 Å². The summed E-state index contributed by atoms with van der Waals surface area (Å²) in [5, 5.41) is 0. The zero-order chi connectivity index (χ0) is 30.4. The highest BCUT2D eigenvalue weighted by Gasteiger charge is 2.40. The van der Waals surface area contributed by atoms with Crippen molar-refractivity contribution < 1.29 is 0 Å². The molecule has 5 aromatic carbocycles. The number of hydrogen-bond donors (Lipinski definition) is 0. The van der Waals surface area contributed by atoms with Crippen molar-refractivity contribution >= 4 is 0 Å². The van der Waals surface area contributed by atoms with Gasteiger partial charge < -0.3 is 0 Å². The van der Waals surface area contributed by atoms with Gasteiger partial charge in [0.15, 0.2) is 0 Å². The summed E-state index contributed by atoms with van der Waals surface area (Å²) in [7, 11) is 0. The molecule has 0 aliphatic heterocycles. The van der Waals surface area contributed by atoms with E-state index in [4.69, 9.17) is 15.0 Å². The van der Waals surface area contributed by atoms with Crippen LogP contribution >= 0.6 is 0 Å². The molecule has 0 radical (unpaired) electrons. The van der Waals surface area contributed by atoms with Gasteiger partial charge in [0.1, 0.15) is 0 Å². The SMILES string of the molecule is CC1(C)c2cc(-c3cc(-c4ccccc4)cc(-c4ccccc4)c3)ncc2-c2nc(-c3ccccc3)c(-c3ccccc3)nc21. The molecule has 214 valence electrons. The summed E-state index contributed by atoms with van der Waals surface area (Å²) >= 11 is 0. The van der Waals surface area contributed by atoms with Crippen LogP contribution in [0.1, 0.15) is 25.1 Å². The molecule has 0 saturated heterocycles. The number of fused-ring (bicyclic) bond motifs is 3. The Hall–Kier alpha value is -5.67. The quantitative estimate of drug-likeness (QED) is 0.204. The zero-order valence-electron chi connectivity index (χ0n) is 25.3. The maximum atomic E-state index is 5.39. The minimum atomic E-state index is -0.354. The van der Waals surface area contributed by atoms with Gasteiger partial charge in [-0.1, -0.05) is 135 Å². The molecule has 0 amide bonds. The number of rotatable bonds is 5. The Morgan fingerprint density at radius 2 is 0.867 bits per heavy atom. The third kappa shape index (κ3) is 4.74. The summed E-state index contributed by atoms with van der Waals surface area (Å²) in [4.78, 5) is 15.8. The first kappa shape index (κ1) is 26.9. The van der Waals surface area contributed by atoms with Crippen LogP contribution in [0.25, 0.3) is 67.3 Å². The van der Waals surface area contributed by atoms with Crippen molar-refractivity contribution in [2.75, 3.05) is 0 Å². The van der Waals surface area contributed by atoms with Crippen molar-refractivity contribution in [2.45, 2.75) is 19.3 Å². The second kappa shape index (κ2) is 10.8. The number of benzene rings is 5. The Labute approximate surface area is 264 Å². The van der Waals surface area contributed by atoms with E-state index >= 15 is 0 Å². The predicted octanol–water partition coefficient (Wildman–Crippen LogP) is 10.5. The first-order valence-corrected chi connectivity index (χ1v) is 15.4. The average molecular weight is 578 g/mol. The van der Waals surface area contributed by atoms with Gasteiger partial charge in [0.25, 0.3) is 0 Å². The molecule has 0 unspecified atom stereocenters. The minimum absolute atomic E-state index is 0.354. The van der Waals surface area contributed by atoms with E-state index in [1.165, 1.54) is 27.8 Å². The van der Waals surface area contributed by atoms with Crippen LogP contribution in [0.4, 0.5) is 0 Å².